The van der Waals surface area contributed by atoms with E-state index in [-0.39, 0.29) is 0 Å². The van der Waals surface area contributed by atoms with E-state index < -0.39 is 7.32 Å². The van der Waals surface area contributed by atoms with Crippen LogP contribution in [0.25, 0.3) is 11.1 Å². The number of nitrogens with two attached hydrogens (primary N) is 1. The normalized spacial score (nSPS) is 9.76. The molecule has 0 heterocycles. The van der Waals surface area contributed by atoms with Crippen LogP contribution in [0.5, 0.6) is 5.75 Å². The molecule has 0 atom stereocenters. The van der Waals surface area contributed by atoms with Gasteiger partial charge in [-0.1, -0.05) is 53.5 Å². The minimum absolute atomic E-state index is 0.365. The van der Waals surface area contributed by atoms with E-state index in [0.717, 1.165) is 21.8 Å². The van der Waals surface area contributed by atoms with Gasteiger partial charge in [0.25, 0.3) is 0 Å². The third-order valence-corrected chi connectivity index (χ3v) is 3.68. The zero-order valence-corrected chi connectivity index (χ0v) is 14.7. The van der Waals surface area contributed by atoms with Crippen LogP contribution in [0.15, 0.2) is 72.8 Å². The maximum Gasteiger partial charge on any atom is 0.707 e. The lowest BCUT2D eigenvalue weighted by Gasteiger charge is -2.04. The Morgan fingerprint density at radius 2 is 1.28 bits per heavy atom. The molecule has 7 heteroatoms. The molecule has 0 unspecified atom stereocenters. The third kappa shape index (κ3) is 6.33. The average molecular weight is 376 g/mol. The fraction of sp³-hybridized carbons (Fsp3) is 0. The Bertz CT molecular complexity index is 796. The third-order valence-electron chi connectivity index (χ3n) is 3.17. The summed E-state index contributed by atoms with van der Waals surface area (Å²) in [5.41, 5.74) is 8.78. The molecule has 0 amide bonds. The van der Waals surface area contributed by atoms with E-state index in [9.17, 15) is 0 Å². The molecule has 3 rings (SSSR count). The van der Waals surface area contributed by atoms with Gasteiger partial charge in [-0.15, -0.1) is 0 Å². The van der Waals surface area contributed by atoms with Crippen molar-refractivity contribution in [2.45, 2.75) is 0 Å². The summed E-state index contributed by atoms with van der Waals surface area (Å²) in [6.07, 6.45) is 0. The fourth-order valence-electron chi connectivity index (χ4n) is 2.02. The summed E-state index contributed by atoms with van der Waals surface area (Å²) in [5, 5.41) is 18.1. The molecule has 0 spiro atoms. The Hall–Kier alpha value is -2.18. The van der Waals surface area contributed by atoms with Gasteiger partial charge in [0.1, 0.15) is 5.75 Å². The molecule has 3 aromatic rings. The quantitative estimate of drug-likeness (QED) is 0.471. The van der Waals surface area contributed by atoms with Crippen molar-refractivity contribution >= 4 is 36.2 Å². The molecule has 0 bridgehead atoms. The van der Waals surface area contributed by atoms with Crippen molar-refractivity contribution in [1.29, 1.82) is 0 Å². The van der Waals surface area contributed by atoms with Crippen LogP contribution in [0.2, 0.25) is 10.0 Å². The summed E-state index contributed by atoms with van der Waals surface area (Å²) in [7, 11) is -1.78. The predicted molar refractivity (Wildman–Crippen MR) is 104 cm³/mol. The van der Waals surface area contributed by atoms with Crippen LogP contribution in [-0.4, -0.2) is 17.4 Å². The van der Waals surface area contributed by atoms with Crippen LogP contribution in [-0.2, 0) is 0 Å². The Morgan fingerprint density at radius 3 is 1.80 bits per heavy atom. The van der Waals surface area contributed by atoms with Crippen LogP contribution in [0.3, 0.4) is 0 Å². The molecule has 0 aliphatic carbocycles. The van der Waals surface area contributed by atoms with Gasteiger partial charge in [0, 0.05) is 21.3 Å². The summed E-state index contributed by atoms with van der Waals surface area (Å²) in [5.74, 6) is 0.365. The summed E-state index contributed by atoms with van der Waals surface area (Å²) in [4.78, 5) is 0. The molecule has 0 fully saturated rings. The van der Waals surface area contributed by atoms with Crippen LogP contribution < -0.4 is 10.4 Å². The molecule has 25 heavy (non-hydrogen) atoms. The standard InChI is InChI=1S/C12H10ClN.C6H6BClO3/c13-10-7-5-9(6-8-10)11-3-1-2-4-12(11)14;8-5-1-3-6(4-2-5)11-7(9)10/h1-8H,14H2;1-4,9-10H. The first-order chi connectivity index (χ1) is 12.0. The number of rotatable bonds is 3. The van der Waals surface area contributed by atoms with Crippen LogP contribution in [0, 0.1) is 0 Å². The number of anilines is 1. The summed E-state index contributed by atoms with van der Waals surface area (Å²) in [6, 6.07) is 21.7. The fourth-order valence-corrected chi connectivity index (χ4v) is 2.28. The predicted octanol–water partition coefficient (Wildman–Crippen LogP) is 4.28. The molecule has 4 N–H and O–H groups in total. The Labute approximate surface area is 156 Å². The molecular formula is C18H16BCl2NO3. The highest BCUT2D eigenvalue weighted by atomic mass is 35.5. The molecule has 0 saturated carbocycles. The second kappa shape index (κ2) is 9.35. The number of para-hydroxylation sites is 1. The molecule has 0 saturated heterocycles. The number of hydrogen-bond donors (Lipinski definition) is 3. The smallest absolute Gasteiger partial charge is 0.512 e. The Morgan fingerprint density at radius 1 is 0.760 bits per heavy atom. The number of benzene rings is 3. The summed E-state index contributed by atoms with van der Waals surface area (Å²) >= 11 is 11.4. The largest absolute Gasteiger partial charge is 0.707 e. The highest BCUT2D eigenvalue weighted by Gasteiger charge is 2.10. The average Bonchev–Trinajstić information content (AvgIpc) is 2.59. The first-order valence-electron chi connectivity index (χ1n) is 7.34. The van der Waals surface area contributed by atoms with Gasteiger partial charge in [0.05, 0.1) is 0 Å². The topological polar surface area (TPSA) is 75.7 Å². The Balaban J connectivity index is 0.000000186. The minimum Gasteiger partial charge on any atom is -0.512 e. The van der Waals surface area contributed by atoms with E-state index in [1.165, 1.54) is 0 Å². The Kier molecular flexibility index (Phi) is 7.16. The van der Waals surface area contributed by atoms with E-state index >= 15 is 0 Å². The lowest BCUT2D eigenvalue weighted by Crippen LogP contribution is -2.20. The van der Waals surface area contributed by atoms with Crippen LogP contribution in [0.4, 0.5) is 5.69 Å². The second-order valence-corrected chi connectivity index (χ2v) is 5.87. The van der Waals surface area contributed by atoms with E-state index in [1.54, 1.807) is 24.3 Å². The van der Waals surface area contributed by atoms with Crippen LogP contribution in [0.1, 0.15) is 0 Å². The molecule has 0 aliphatic rings. The number of hydrogen-bond acceptors (Lipinski definition) is 4. The van der Waals surface area contributed by atoms with Crippen molar-refractivity contribution in [2.75, 3.05) is 5.73 Å². The lowest BCUT2D eigenvalue weighted by atomic mass is 10.0. The van der Waals surface area contributed by atoms with Crippen molar-refractivity contribution in [3.8, 4) is 16.9 Å². The first-order valence-corrected chi connectivity index (χ1v) is 8.10. The molecular weight excluding hydrogens is 360 g/mol. The summed E-state index contributed by atoms with van der Waals surface area (Å²) in [6.45, 7) is 0. The SMILES string of the molecule is Nc1ccccc1-c1ccc(Cl)cc1.OB(O)Oc1ccc(Cl)cc1. The van der Waals surface area contributed by atoms with Crippen molar-refractivity contribution in [1.82, 2.24) is 0 Å². The molecule has 0 aromatic heterocycles. The van der Waals surface area contributed by atoms with E-state index in [4.69, 9.17) is 39.0 Å². The van der Waals surface area contributed by atoms with E-state index in [0.29, 0.717) is 10.8 Å². The van der Waals surface area contributed by atoms with Gasteiger partial charge in [-0.2, -0.15) is 0 Å². The van der Waals surface area contributed by atoms with Gasteiger partial charge < -0.3 is 20.4 Å². The monoisotopic (exact) mass is 375 g/mol. The highest BCUT2D eigenvalue weighted by molar-refractivity contribution is 6.34. The molecule has 0 radical (unpaired) electrons. The van der Waals surface area contributed by atoms with Crippen molar-refractivity contribution in [2.24, 2.45) is 0 Å². The molecule has 4 nitrogen and oxygen atoms in total. The molecule has 128 valence electrons. The zero-order valence-electron chi connectivity index (χ0n) is 13.1. The van der Waals surface area contributed by atoms with E-state index in [2.05, 4.69) is 4.65 Å². The van der Waals surface area contributed by atoms with Gasteiger partial charge in [-0.05, 0) is 48.0 Å². The lowest BCUT2D eigenvalue weighted by molar-refractivity contribution is 0.288. The van der Waals surface area contributed by atoms with Gasteiger partial charge in [0.2, 0.25) is 0 Å². The summed E-state index contributed by atoms with van der Waals surface area (Å²) < 4.78 is 4.52. The molecule has 3 aromatic carbocycles. The minimum atomic E-state index is -1.78. The van der Waals surface area contributed by atoms with Gasteiger partial charge in [-0.3, -0.25) is 0 Å². The van der Waals surface area contributed by atoms with Gasteiger partial charge in [0.15, 0.2) is 0 Å². The number of nitrogen functional groups attached to an aromatic ring is 1. The van der Waals surface area contributed by atoms with Crippen molar-refractivity contribution < 1.29 is 14.7 Å². The van der Waals surface area contributed by atoms with Crippen molar-refractivity contribution in [3.63, 3.8) is 0 Å². The van der Waals surface area contributed by atoms with Gasteiger partial charge in [-0.25, -0.2) is 0 Å². The highest BCUT2D eigenvalue weighted by Crippen LogP contribution is 2.26. The maximum atomic E-state index is 8.38. The van der Waals surface area contributed by atoms with Crippen molar-refractivity contribution in [3.05, 3.63) is 82.8 Å². The van der Waals surface area contributed by atoms with E-state index in [1.807, 2.05) is 48.5 Å². The second-order valence-electron chi connectivity index (χ2n) is 4.99. The zero-order chi connectivity index (χ0) is 18.2. The number of halogens is 2. The van der Waals surface area contributed by atoms with Gasteiger partial charge >= 0.3 is 7.32 Å². The maximum absolute atomic E-state index is 8.38. The first kappa shape index (κ1) is 19.2. The van der Waals surface area contributed by atoms with Crippen LogP contribution >= 0.6 is 23.2 Å². The molecule has 0 aliphatic heterocycles.